The summed E-state index contributed by atoms with van der Waals surface area (Å²) >= 11 is 0. The topological polar surface area (TPSA) is 91.8 Å². The lowest BCUT2D eigenvalue weighted by atomic mass is 9.82. The lowest BCUT2D eigenvalue weighted by molar-refractivity contribution is 0.0733. The van der Waals surface area contributed by atoms with Crippen LogP contribution < -0.4 is 4.31 Å². The normalized spacial score (nSPS) is 15.7. The van der Waals surface area contributed by atoms with Crippen molar-refractivity contribution in [3.05, 3.63) is 137 Å². The van der Waals surface area contributed by atoms with E-state index in [1.165, 1.54) is 18.2 Å². The van der Waals surface area contributed by atoms with E-state index in [-0.39, 0.29) is 52.9 Å². The van der Waals surface area contributed by atoms with Crippen molar-refractivity contribution >= 4 is 27.3 Å². The Hall–Kier alpha value is -4.07. The van der Waals surface area contributed by atoms with Crippen LogP contribution in [0.1, 0.15) is 94.3 Å². The van der Waals surface area contributed by atoms with E-state index >= 15 is 0 Å². The maximum atomic E-state index is 14.1. The Labute approximate surface area is 285 Å². The lowest BCUT2D eigenvalue weighted by Crippen LogP contribution is -2.27. The number of nitrogens with zero attached hydrogens (tertiary/aromatic N) is 1. The van der Waals surface area contributed by atoms with Gasteiger partial charge in [-0.15, -0.1) is 0 Å². The van der Waals surface area contributed by atoms with Crippen LogP contribution in [0.4, 0.5) is 5.69 Å². The molecule has 7 heteroatoms. The molecule has 3 atom stereocenters. The molecule has 0 bridgehead atoms. The molecule has 4 aromatic carbocycles. The first-order valence-corrected chi connectivity index (χ1v) is 18.7. The monoisotopic (exact) mass is 665 g/mol. The Morgan fingerprint density at radius 2 is 1.44 bits per heavy atom. The Kier molecular flexibility index (Phi) is 11.0. The number of ketones is 2. The van der Waals surface area contributed by atoms with Gasteiger partial charge in [0.25, 0.3) is 0 Å². The minimum absolute atomic E-state index is 0.0610. The Bertz CT molecular complexity index is 1830. The van der Waals surface area contributed by atoms with Crippen LogP contribution in [0, 0.1) is 12.8 Å². The number of carbonyl (C=O) groups excluding carboxylic acids is 2. The SMILES string of the molecule is Cc1cccc(C2(CC[C@@H](O)[C@@H](CC(=O)c3cc(C(=O)C[C@H](C)c4ccccc4)cc(N(C)S(C)(=O)=O)c3)Cc3ccccc3)CC2)c1. The molecule has 0 radical (unpaired) electrons. The number of hydrogen-bond acceptors (Lipinski definition) is 5. The Morgan fingerprint density at radius 3 is 2.02 bits per heavy atom. The molecule has 48 heavy (non-hydrogen) atoms. The zero-order valence-corrected chi connectivity index (χ0v) is 29.2. The summed E-state index contributed by atoms with van der Waals surface area (Å²) < 4.78 is 26.2. The molecule has 0 amide bonds. The highest BCUT2D eigenvalue weighted by Crippen LogP contribution is 2.52. The van der Waals surface area contributed by atoms with Crippen LogP contribution in [0.3, 0.4) is 0 Å². The van der Waals surface area contributed by atoms with E-state index in [0.717, 1.165) is 41.0 Å². The van der Waals surface area contributed by atoms with Crippen LogP contribution in [0.25, 0.3) is 0 Å². The first-order chi connectivity index (χ1) is 22.8. The highest BCUT2D eigenvalue weighted by atomic mass is 32.2. The van der Waals surface area contributed by atoms with Gasteiger partial charge in [0, 0.05) is 31.0 Å². The fourth-order valence-electron chi connectivity index (χ4n) is 6.69. The molecule has 5 rings (SSSR count). The molecular formula is C41H47NO5S. The second-order valence-electron chi connectivity index (χ2n) is 13.8. The van der Waals surface area contributed by atoms with Gasteiger partial charge in [-0.25, -0.2) is 8.42 Å². The zero-order valence-electron chi connectivity index (χ0n) is 28.4. The van der Waals surface area contributed by atoms with Crippen LogP contribution in [0.2, 0.25) is 0 Å². The average Bonchev–Trinajstić information content (AvgIpc) is 3.88. The van der Waals surface area contributed by atoms with Crippen LogP contribution in [-0.4, -0.2) is 44.5 Å². The van der Waals surface area contributed by atoms with Crippen LogP contribution in [-0.2, 0) is 21.9 Å². The molecule has 252 valence electrons. The van der Waals surface area contributed by atoms with Crippen molar-refractivity contribution in [2.24, 2.45) is 5.92 Å². The first kappa shape index (κ1) is 35.2. The third kappa shape index (κ3) is 8.88. The smallest absolute Gasteiger partial charge is 0.231 e. The second-order valence-corrected chi connectivity index (χ2v) is 15.8. The number of Topliss-reactive ketones (excluding diaryl/α,β-unsaturated/α-hetero) is 2. The van der Waals surface area contributed by atoms with E-state index < -0.39 is 16.1 Å². The molecule has 1 N–H and O–H groups in total. The fourth-order valence-corrected chi connectivity index (χ4v) is 7.18. The maximum Gasteiger partial charge on any atom is 0.231 e. The molecule has 1 aliphatic carbocycles. The molecule has 1 fully saturated rings. The van der Waals surface area contributed by atoms with Crippen LogP contribution >= 0.6 is 0 Å². The lowest BCUT2D eigenvalue weighted by Gasteiger charge is -2.26. The molecule has 0 unspecified atom stereocenters. The number of aliphatic hydroxyl groups excluding tert-OH is 1. The Balaban J connectivity index is 1.40. The van der Waals surface area contributed by atoms with Gasteiger partial charge in [-0.1, -0.05) is 97.4 Å². The van der Waals surface area contributed by atoms with Crippen molar-refractivity contribution in [1.29, 1.82) is 0 Å². The van der Waals surface area contributed by atoms with E-state index in [4.69, 9.17) is 0 Å². The molecule has 0 saturated heterocycles. The van der Waals surface area contributed by atoms with Crippen molar-refractivity contribution in [3.8, 4) is 0 Å². The number of carbonyl (C=O) groups is 2. The van der Waals surface area contributed by atoms with E-state index in [2.05, 4.69) is 31.2 Å². The number of sulfonamides is 1. The quantitative estimate of drug-likeness (QED) is 0.122. The van der Waals surface area contributed by atoms with Crippen molar-refractivity contribution in [1.82, 2.24) is 0 Å². The third-order valence-corrected chi connectivity index (χ3v) is 11.2. The third-order valence-electron chi connectivity index (χ3n) is 10.0. The van der Waals surface area contributed by atoms with Gasteiger partial charge in [0.15, 0.2) is 11.6 Å². The van der Waals surface area contributed by atoms with Gasteiger partial charge in [0.05, 0.1) is 18.0 Å². The summed E-state index contributed by atoms with van der Waals surface area (Å²) in [5.41, 5.74) is 5.49. The van der Waals surface area contributed by atoms with Gasteiger partial charge >= 0.3 is 0 Å². The molecule has 1 aliphatic rings. The van der Waals surface area contributed by atoms with Gasteiger partial charge in [0.1, 0.15) is 0 Å². The van der Waals surface area contributed by atoms with Crippen LogP contribution in [0.5, 0.6) is 0 Å². The summed E-state index contributed by atoms with van der Waals surface area (Å²) in [6, 6.07) is 32.9. The van der Waals surface area contributed by atoms with Crippen molar-refractivity contribution in [2.45, 2.75) is 76.2 Å². The highest BCUT2D eigenvalue weighted by molar-refractivity contribution is 7.92. The summed E-state index contributed by atoms with van der Waals surface area (Å²) in [6.45, 7) is 4.08. The van der Waals surface area contributed by atoms with E-state index in [1.807, 2.05) is 67.6 Å². The maximum absolute atomic E-state index is 14.1. The average molecular weight is 666 g/mol. The van der Waals surface area contributed by atoms with Gasteiger partial charge in [0.2, 0.25) is 10.0 Å². The number of aliphatic hydroxyl groups is 1. The minimum atomic E-state index is -3.65. The standard InChI is InChI=1S/C41H47NO5S/c1-29-12-11-17-36(22-29)41(20-21-41)19-18-38(43)33(24-31-13-7-5-8-14-31)28-40(45)35-25-34(26-37(27-35)42(3)48(4,46)47)39(44)23-30(2)32-15-9-6-10-16-32/h5-17,22,25-27,30,33,38,43H,18-21,23-24,28H2,1-4H3/t30-,33+,38+/m0/s1. The summed E-state index contributed by atoms with van der Waals surface area (Å²) in [7, 11) is -2.23. The molecular weight excluding hydrogens is 619 g/mol. The summed E-state index contributed by atoms with van der Waals surface area (Å²) in [6.07, 6.45) is 4.75. The largest absolute Gasteiger partial charge is 0.393 e. The Morgan fingerprint density at radius 1 is 0.833 bits per heavy atom. The molecule has 0 aromatic heterocycles. The minimum Gasteiger partial charge on any atom is -0.393 e. The molecule has 1 saturated carbocycles. The van der Waals surface area contributed by atoms with Crippen molar-refractivity contribution < 1.29 is 23.1 Å². The number of anilines is 1. The summed E-state index contributed by atoms with van der Waals surface area (Å²) in [5, 5.41) is 11.7. The molecule has 4 aromatic rings. The predicted octanol–water partition coefficient (Wildman–Crippen LogP) is 8.07. The molecule has 0 aliphatic heterocycles. The van der Waals surface area contributed by atoms with E-state index in [0.29, 0.717) is 18.4 Å². The van der Waals surface area contributed by atoms with Gasteiger partial charge < -0.3 is 5.11 Å². The predicted molar refractivity (Wildman–Crippen MR) is 193 cm³/mol. The van der Waals surface area contributed by atoms with Gasteiger partial charge in [-0.05, 0) is 91.2 Å². The number of benzene rings is 4. The molecule has 0 spiro atoms. The summed E-state index contributed by atoms with van der Waals surface area (Å²) in [5.74, 6) is -0.824. The van der Waals surface area contributed by atoms with Gasteiger partial charge in [-0.2, -0.15) is 0 Å². The first-order valence-electron chi connectivity index (χ1n) is 16.8. The molecule has 6 nitrogen and oxygen atoms in total. The number of aryl methyl sites for hydroxylation is 1. The fraction of sp³-hybridized carbons (Fsp3) is 0.366. The van der Waals surface area contributed by atoms with Crippen LogP contribution in [0.15, 0.2) is 103 Å². The van der Waals surface area contributed by atoms with Crippen molar-refractivity contribution in [2.75, 3.05) is 17.6 Å². The van der Waals surface area contributed by atoms with E-state index in [1.54, 1.807) is 18.2 Å². The number of rotatable bonds is 16. The second kappa shape index (κ2) is 15.0. The zero-order chi connectivity index (χ0) is 34.5. The van der Waals surface area contributed by atoms with Crippen molar-refractivity contribution in [3.63, 3.8) is 0 Å². The number of hydrogen-bond donors (Lipinski definition) is 1. The summed E-state index contributed by atoms with van der Waals surface area (Å²) in [4.78, 5) is 27.7. The highest BCUT2D eigenvalue weighted by Gasteiger charge is 2.44. The van der Waals surface area contributed by atoms with Gasteiger partial charge in [-0.3, -0.25) is 13.9 Å². The molecule has 0 heterocycles. The van der Waals surface area contributed by atoms with E-state index in [9.17, 15) is 23.1 Å².